The van der Waals surface area contributed by atoms with Crippen LogP contribution in [0.5, 0.6) is 5.75 Å². The summed E-state index contributed by atoms with van der Waals surface area (Å²) >= 11 is 0. The predicted molar refractivity (Wildman–Crippen MR) is 87.2 cm³/mol. The van der Waals surface area contributed by atoms with Crippen LogP contribution in [0.15, 0.2) is 47.1 Å². The third-order valence-electron chi connectivity index (χ3n) is 4.14. The Morgan fingerprint density at radius 3 is 2.75 bits per heavy atom. The van der Waals surface area contributed by atoms with E-state index < -0.39 is 5.82 Å². The minimum Gasteiger partial charge on any atom is -0.481 e. The van der Waals surface area contributed by atoms with Gasteiger partial charge in [0.2, 0.25) is 0 Å². The quantitative estimate of drug-likeness (QED) is 0.847. The van der Waals surface area contributed by atoms with Gasteiger partial charge in [0.05, 0.1) is 12.3 Å². The maximum atomic E-state index is 13.5. The molecule has 0 saturated carbocycles. The number of furan rings is 1. The number of likely N-dealkylation sites (tertiary alicyclic amines) is 1. The van der Waals surface area contributed by atoms with E-state index in [0.29, 0.717) is 6.54 Å². The largest absolute Gasteiger partial charge is 0.481 e. The molecule has 1 fully saturated rings. The highest BCUT2D eigenvalue weighted by atomic mass is 19.1. The molecule has 1 N–H and O–H groups in total. The van der Waals surface area contributed by atoms with Crippen LogP contribution >= 0.6 is 0 Å². The molecule has 0 spiro atoms. The number of nitrogens with one attached hydrogen (secondary N) is 1. The van der Waals surface area contributed by atoms with Crippen LogP contribution < -0.4 is 10.1 Å². The summed E-state index contributed by atoms with van der Waals surface area (Å²) in [5, 5.41) is 2.85. The zero-order valence-electron chi connectivity index (χ0n) is 13.4. The number of carbonyl (C=O) groups is 1. The summed E-state index contributed by atoms with van der Waals surface area (Å²) in [6.45, 7) is 2.21. The second kappa shape index (κ2) is 7.97. The van der Waals surface area contributed by atoms with Gasteiger partial charge < -0.3 is 14.5 Å². The number of carbonyl (C=O) groups excluding carboxylic acids is 1. The number of rotatable bonds is 7. The lowest BCUT2D eigenvalue weighted by Crippen LogP contribution is -2.38. The van der Waals surface area contributed by atoms with Crippen molar-refractivity contribution in [2.75, 3.05) is 26.2 Å². The summed E-state index contributed by atoms with van der Waals surface area (Å²) in [6, 6.07) is 9.82. The van der Waals surface area contributed by atoms with Gasteiger partial charge in [-0.05, 0) is 50.2 Å². The van der Waals surface area contributed by atoms with Crippen LogP contribution in [0.2, 0.25) is 0 Å². The Balaban J connectivity index is 1.52. The smallest absolute Gasteiger partial charge is 0.258 e. The van der Waals surface area contributed by atoms with Gasteiger partial charge in [-0.15, -0.1) is 0 Å². The fourth-order valence-electron chi connectivity index (χ4n) is 2.91. The Kier molecular flexibility index (Phi) is 5.48. The first-order valence-electron chi connectivity index (χ1n) is 8.15. The molecule has 0 radical (unpaired) electrons. The number of benzene rings is 1. The summed E-state index contributed by atoms with van der Waals surface area (Å²) in [6.07, 6.45) is 3.95. The molecule has 1 aromatic heterocycles. The van der Waals surface area contributed by atoms with Crippen molar-refractivity contribution in [3.8, 4) is 5.75 Å². The SMILES string of the molecule is O=C(COc1ccccc1F)NC[C@@H](c1ccco1)N1CCCC1. The summed E-state index contributed by atoms with van der Waals surface area (Å²) < 4.78 is 24.2. The molecule has 5 nitrogen and oxygen atoms in total. The van der Waals surface area contributed by atoms with E-state index in [-0.39, 0.29) is 24.3 Å². The Bertz CT molecular complexity index is 654. The number of hydrogen-bond acceptors (Lipinski definition) is 4. The van der Waals surface area contributed by atoms with Crippen molar-refractivity contribution >= 4 is 5.91 Å². The first-order valence-corrected chi connectivity index (χ1v) is 8.15. The molecule has 128 valence electrons. The molecule has 6 heteroatoms. The van der Waals surface area contributed by atoms with Crippen molar-refractivity contribution in [1.82, 2.24) is 10.2 Å². The van der Waals surface area contributed by atoms with Crippen molar-refractivity contribution in [3.63, 3.8) is 0 Å². The summed E-state index contributed by atoms with van der Waals surface area (Å²) in [4.78, 5) is 14.3. The lowest BCUT2D eigenvalue weighted by atomic mass is 10.2. The van der Waals surface area contributed by atoms with E-state index in [1.165, 1.54) is 12.1 Å². The molecular formula is C18H21FN2O3. The Labute approximate surface area is 140 Å². The topological polar surface area (TPSA) is 54.7 Å². The van der Waals surface area contributed by atoms with E-state index >= 15 is 0 Å². The predicted octanol–water partition coefficient (Wildman–Crippen LogP) is 2.75. The van der Waals surface area contributed by atoms with E-state index in [9.17, 15) is 9.18 Å². The van der Waals surface area contributed by atoms with Gasteiger partial charge in [-0.1, -0.05) is 12.1 Å². The highest BCUT2D eigenvalue weighted by molar-refractivity contribution is 5.77. The van der Waals surface area contributed by atoms with E-state index in [0.717, 1.165) is 31.7 Å². The van der Waals surface area contributed by atoms with Crippen LogP contribution in [-0.2, 0) is 4.79 Å². The summed E-state index contributed by atoms with van der Waals surface area (Å²) in [5.74, 6) is 0.159. The highest BCUT2D eigenvalue weighted by Gasteiger charge is 2.25. The molecule has 1 atom stereocenters. The normalized spacial score (nSPS) is 16.0. The number of nitrogens with zero attached hydrogens (tertiary/aromatic N) is 1. The molecule has 1 aliphatic heterocycles. The van der Waals surface area contributed by atoms with Gasteiger partial charge >= 0.3 is 0 Å². The standard InChI is InChI=1S/C18H21FN2O3/c19-14-6-1-2-7-16(14)24-13-18(22)20-12-15(17-8-5-11-23-17)21-9-3-4-10-21/h1-2,5-8,11,15H,3-4,9-10,12-13H2,(H,20,22)/t15-/m0/s1. The fourth-order valence-corrected chi connectivity index (χ4v) is 2.91. The number of para-hydroxylation sites is 1. The monoisotopic (exact) mass is 332 g/mol. The third-order valence-corrected chi connectivity index (χ3v) is 4.14. The van der Waals surface area contributed by atoms with Gasteiger partial charge in [-0.25, -0.2) is 4.39 Å². The number of amides is 1. The van der Waals surface area contributed by atoms with Gasteiger partial charge in [0.25, 0.3) is 5.91 Å². The number of halogens is 1. The third kappa shape index (κ3) is 4.14. The van der Waals surface area contributed by atoms with E-state index in [1.54, 1.807) is 18.4 Å². The fraction of sp³-hybridized carbons (Fsp3) is 0.389. The molecular weight excluding hydrogens is 311 g/mol. The van der Waals surface area contributed by atoms with Crippen LogP contribution in [0, 0.1) is 5.82 Å². The van der Waals surface area contributed by atoms with Crippen molar-refractivity contribution in [2.45, 2.75) is 18.9 Å². The van der Waals surface area contributed by atoms with Gasteiger partial charge in [-0.2, -0.15) is 0 Å². The zero-order chi connectivity index (χ0) is 16.8. The van der Waals surface area contributed by atoms with Gasteiger partial charge in [0.1, 0.15) is 5.76 Å². The zero-order valence-corrected chi connectivity index (χ0v) is 13.4. The molecule has 1 aromatic carbocycles. The second-order valence-corrected chi connectivity index (χ2v) is 5.80. The maximum Gasteiger partial charge on any atom is 0.258 e. The number of ether oxygens (including phenoxy) is 1. The summed E-state index contributed by atoms with van der Waals surface area (Å²) in [5.41, 5.74) is 0. The molecule has 24 heavy (non-hydrogen) atoms. The molecule has 0 bridgehead atoms. The Morgan fingerprint density at radius 1 is 1.25 bits per heavy atom. The van der Waals surface area contributed by atoms with Gasteiger partial charge in [0.15, 0.2) is 18.2 Å². The van der Waals surface area contributed by atoms with Crippen LogP contribution in [0.1, 0.15) is 24.6 Å². The minimum atomic E-state index is -0.476. The van der Waals surface area contributed by atoms with E-state index in [2.05, 4.69) is 10.2 Å². The van der Waals surface area contributed by atoms with Crippen LogP contribution in [-0.4, -0.2) is 37.0 Å². The Hall–Kier alpha value is -2.34. The van der Waals surface area contributed by atoms with Crippen molar-refractivity contribution in [1.29, 1.82) is 0 Å². The van der Waals surface area contributed by atoms with Gasteiger partial charge in [0, 0.05) is 6.54 Å². The van der Waals surface area contributed by atoms with Crippen LogP contribution in [0.4, 0.5) is 4.39 Å². The van der Waals surface area contributed by atoms with Crippen LogP contribution in [0.25, 0.3) is 0 Å². The first kappa shape index (κ1) is 16.5. The molecule has 2 aromatic rings. The average molecular weight is 332 g/mol. The minimum absolute atomic E-state index is 0.0138. The molecule has 3 rings (SSSR count). The highest BCUT2D eigenvalue weighted by Crippen LogP contribution is 2.24. The lowest BCUT2D eigenvalue weighted by Gasteiger charge is -2.26. The molecule has 1 amide bonds. The van der Waals surface area contributed by atoms with Crippen molar-refractivity contribution in [3.05, 3.63) is 54.2 Å². The Morgan fingerprint density at radius 2 is 2.04 bits per heavy atom. The second-order valence-electron chi connectivity index (χ2n) is 5.80. The molecule has 2 heterocycles. The van der Waals surface area contributed by atoms with E-state index in [1.807, 2.05) is 12.1 Å². The number of hydrogen-bond donors (Lipinski definition) is 1. The lowest BCUT2D eigenvalue weighted by molar-refractivity contribution is -0.123. The average Bonchev–Trinajstić information content (AvgIpc) is 3.28. The van der Waals surface area contributed by atoms with Gasteiger partial charge in [-0.3, -0.25) is 9.69 Å². The van der Waals surface area contributed by atoms with Crippen molar-refractivity contribution in [2.24, 2.45) is 0 Å². The molecule has 1 aliphatic rings. The van der Waals surface area contributed by atoms with Crippen molar-refractivity contribution < 1.29 is 18.3 Å². The van der Waals surface area contributed by atoms with Crippen LogP contribution in [0.3, 0.4) is 0 Å². The molecule has 0 unspecified atom stereocenters. The summed E-state index contributed by atoms with van der Waals surface area (Å²) in [7, 11) is 0. The maximum absolute atomic E-state index is 13.5. The van der Waals surface area contributed by atoms with E-state index in [4.69, 9.17) is 9.15 Å². The molecule has 1 saturated heterocycles. The first-order chi connectivity index (χ1) is 11.7. The molecule has 0 aliphatic carbocycles.